The minimum Gasteiger partial charge on any atom is -0.512 e. The minimum absolute atomic E-state index is 0.0320. The average Bonchev–Trinajstić information content (AvgIpc) is 2.10. The van der Waals surface area contributed by atoms with Gasteiger partial charge in [-0.25, -0.2) is 9.59 Å². The quantitative estimate of drug-likeness (QED) is 0.321. The van der Waals surface area contributed by atoms with Crippen LogP contribution in [-0.4, -0.2) is 30.3 Å². The van der Waals surface area contributed by atoms with Crippen molar-refractivity contribution in [1.82, 2.24) is 0 Å². The number of esters is 2. The number of aliphatic hydroxyl groups is 1. The molecular formula is C10H14O5. The Hall–Kier alpha value is -1.78. The van der Waals surface area contributed by atoms with Gasteiger partial charge in [0, 0.05) is 5.57 Å². The van der Waals surface area contributed by atoms with Crippen LogP contribution >= 0.6 is 0 Å². The Morgan fingerprint density at radius 3 is 2.27 bits per heavy atom. The molecule has 84 valence electrons. The lowest BCUT2D eigenvalue weighted by Gasteiger charge is -2.04. The second kappa shape index (κ2) is 6.64. The molecule has 0 bridgehead atoms. The van der Waals surface area contributed by atoms with Crippen LogP contribution < -0.4 is 0 Å². The van der Waals surface area contributed by atoms with E-state index in [-0.39, 0.29) is 24.5 Å². The van der Waals surface area contributed by atoms with Gasteiger partial charge < -0.3 is 14.6 Å². The molecule has 5 heteroatoms. The van der Waals surface area contributed by atoms with E-state index in [0.717, 1.165) is 6.08 Å². The van der Waals surface area contributed by atoms with E-state index in [1.165, 1.54) is 13.8 Å². The average molecular weight is 214 g/mol. The first-order valence-corrected chi connectivity index (χ1v) is 4.30. The van der Waals surface area contributed by atoms with Crippen LogP contribution in [0, 0.1) is 0 Å². The van der Waals surface area contributed by atoms with Crippen LogP contribution in [0.1, 0.15) is 13.8 Å². The molecule has 1 N–H and O–H groups in total. The maximum absolute atomic E-state index is 10.9. The van der Waals surface area contributed by atoms with E-state index in [4.69, 9.17) is 5.11 Å². The molecule has 0 aliphatic rings. The van der Waals surface area contributed by atoms with Crippen LogP contribution in [0.2, 0.25) is 0 Å². The van der Waals surface area contributed by atoms with Crippen molar-refractivity contribution in [2.75, 3.05) is 13.2 Å². The molecule has 0 amide bonds. The van der Waals surface area contributed by atoms with E-state index in [2.05, 4.69) is 16.1 Å². The monoisotopic (exact) mass is 214 g/mol. The summed E-state index contributed by atoms with van der Waals surface area (Å²) in [7, 11) is 0. The van der Waals surface area contributed by atoms with Crippen molar-refractivity contribution in [3.05, 3.63) is 24.0 Å². The predicted octanol–water partition coefficient (Wildman–Crippen LogP) is 1.11. The molecule has 0 aromatic carbocycles. The lowest BCUT2D eigenvalue weighted by atomic mass is 10.4. The molecule has 0 radical (unpaired) electrons. The van der Waals surface area contributed by atoms with E-state index in [9.17, 15) is 9.59 Å². The first-order chi connectivity index (χ1) is 6.93. The molecule has 5 nitrogen and oxygen atoms in total. The number of rotatable bonds is 5. The Morgan fingerprint density at radius 2 is 1.80 bits per heavy atom. The van der Waals surface area contributed by atoms with Gasteiger partial charge in [0.15, 0.2) is 0 Å². The largest absolute Gasteiger partial charge is 0.512 e. The zero-order valence-electron chi connectivity index (χ0n) is 8.78. The van der Waals surface area contributed by atoms with Crippen molar-refractivity contribution in [3.63, 3.8) is 0 Å². The van der Waals surface area contributed by atoms with Gasteiger partial charge in [0.2, 0.25) is 0 Å². The SMILES string of the molecule is C=C(C)C(=O)OCCOC(=O)/C=C(/C)O. The van der Waals surface area contributed by atoms with E-state index in [1.54, 1.807) is 0 Å². The summed E-state index contributed by atoms with van der Waals surface area (Å²) in [6.45, 7) is 6.17. The van der Waals surface area contributed by atoms with Gasteiger partial charge in [-0.2, -0.15) is 0 Å². The van der Waals surface area contributed by atoms with Crippen LogP contribution in [0.25, 0.3) is 0 Å². The first kappa shape index (κ1) is 13.2. The summed E-state index contributed by atoms with van der Waals surface area (Å²) in [6, 6.07) is 0. The third-order valence-electron chi connectivity index (χ3n) is 1.24. The fourth-order valence-corrected chi connectivity index (χ4v) is 0.612. The predicted molar refractivity (Wildman–Crippen MR) is 53.1 cm³/mol. The highest BCUT2D eigenvalue weighted by Gasteiger charge is 2.03. The van der Waals surface area contributed by atoms with Gasteiger partial charge in [0.25, 0.3) is 0 Å². The molecule has 0 spiro atoms. The van der Waals surface area contributed by atoms with Crippen molar-refractivity contribution in [2.24, 2.45) is 0 Å². The Labute approximate surface area is 88.0 Å². The van der Waals surface area contributed by atoms with Gasteiger partial charge in [-0.1, -0.05) is 6.58 Å². The molecule has 0 atom stereocenters. The van der Waals surface area contributed by atoms with E-state index >= 15 is 0 Å². The van der Waals surface area contributed by atoms with Crippen molar-refractivity contribution < 1.29 is 24.2 Å². The summed E-state index contributed by atoms with van der Waals surface area (Å²) in [5.74, 6) is -1.35. The summed E-state index contributed by atoms with van der Waals surface area (Å²) in [5, 5.41) is 8.70. The molecule has 0 aromatic heterocycles. The molecule has 0 saturated carbocycles. The fraction of sp³-hybridized carbons (Fsp3) is 0.400. The van der Waals surface area contributed by atoms with Crippen molar-refractivity contribution in [2.45, 2.75) is 13.8 Å². The van der Waals surface area contributed by atoms with Crippen LogP contribution in [0.4, 0.5) is 0 Å². The molecule has 0 aliphatic heterocycles. The molecule has 0 aliphatic carbocycles. The molecule has 0 saturated heterocycles. The van der Waals surface area contributed by atoms with Gasteiger partial charge in [0.05, 0.1) is 11.8 Å². The first-order valence-electron chi connectivity index (χ1n) is 4.30. The topological polar surface area (TPSA) is 72.8 Å². The molecular weight excluding hydrogens is 200 g/mol. The number of carbonyl (C=O) groups is 2. The van der Waals surface area contributed by atoms with Gasteiger partial charge in [-0.15, -0.1) is 0 Å². The number of hydrogen-bond donors (Lipinski definition) is 1. The van der Waals surface area contributed by atoms with Crippen LogP contribution in [0.5, 0.6) is 0 Å². The fourth-order valence-electron chi connectivity index (χ4n) is 0.612. The van der Waals surface area contributed by atoms with Crippen molar-refractivity contribution in [1.29, 1.82) is 0 Å². The highest BCUT2D eigenvalue weighted by Crippen LogP contribution is 1.92. The minimum atomic E-state index is -0.679. The third kappa shape index (κ3) is 7.30. The number of allylic oxidation sites excluding steroid dienone is 1. The number of ether oxygens (including phenoxy) is 2. The Bertz CT molecular complexity index is 286. The summed E-state index contributed by atoms with van der Waals surface area (Å²) >= 11 is 0. The highest BCUT2D eigenvalue weighted by atomic mass is 16.6. The van der Waals surface area contributed by atoms with Gasteiger partial charge >= 0.3 is 11.9 Å². The number of carbonyl (C=O) groups excluding carboxylic acids is 2. The molecule has 0 aromatic rings. The second-order valence-electron chi connectivity index (χ2n) is 2.87. The van der Waals surface area contributed by atoms with Crippen LogP contribution in [0.15, 0.2) is 24.0 Å². The molecule has 0 fully saturated rings. The smallest absolute Gasteiger partial charge is 0.334 e. The van der Waals surface area contributed by atoms with E-state index in [1.807, 2.05) is 0 Å². The van der Waals surface area contributed by atoms with Crippen molar-refractivity contribution >= 4 is 11.9 Å². The molecule has 0 heterocycles. The zero-order valence-corrected chi connectivity index (χ0v) is 8.78. The summed E-state index contributed by atoms with van der Waals surface area (Å²) in [5.41, 5.74) is 0.285. The Balaban J connectivity index is 3.64. The highest BCUT2D eigenvalue weighted by molar-refractivity contribution is 5.87. The normalized spacial score (nSPS) is 10.7. The third-order valence-corrected chi connectivity index (χ3v) is 1.24. The lowest BCUT2D eigenvalue weighted by molar-refractivity contribution is -0.146. The Morgan fingerprint density at radius 1 is 1.27 bits per heavy atom. The summed E-state index contributed by atoms with van der Waals surface area (Å²) < 4.78 is 9.26. The maximum Gasteiger partial charge on any atom is 0.334 e. The molecule has 0 rings (SSSR count). The summed E-state index contributed by atoms with van der Waals surface area (Å²) in [6.07, 6.45) is 0.931. The summed E-state index contributed by atoms with van der Waals surface area (Å²) in [4.78, 5) is 21.7. The Kier molecular flexibility index (Phi) is 5.85. The van der Waals surface area contributed by atoms with E-state index < -0.39 is 11.9 Å². The van der Waals surface area contributed by atoms with Crippen LogP contribution in [-0.2, 0) is 19.1 Å². The van der Waals surface area contributed by atoms with Crippen LogP contribution in [0.3, 0.4) is 0 Å². The molecule has 0 unspecified atom stereocenters. The lowest BCUT2D eigenvalue weighted by Crippen LogP contribution is -2.13. The van der Waals surface area contributed by atoms with Gasteiger partial charge in [-0.05, 0) is 13.8 Å². The van der Waals surface area contributed by atoms with E-state index in [0.29, 0.717) is 0 Å². The van der Waals surface area contributed by atoms with Crippen molar-refractivity contribution in [3.8, 4) is 0 Å². The number of aliphatic hydroxyl groups excluding tert-OH is 1. The van der Waals surface area contributed by atoms with Gasteiger partial charge in [0.1, 0.15) is 13.2 Å². The maximum atomic E-state index is 10.9. The standard InChI is InChI=1S/C10H14O5/c1-7(2)10(13)15-5-4-14-9(12)6-8(3)11/h6,11H,1,4-5H2,2-3H3/b8-6-. The second-order valence-corrected chi connectivity index (χ2v) is 2.87. The number of hydrogen-bond acceptors (Lipinski definition) is 5. The van der Waals surface area contributed by atoms with Gasteiger partial charge in [-0.3, -0.25) is 0 Å². The molecule has 15 heavy (non-hydrogen) atoms. The zero-order chi connectivity index (χ0) is 11.8.